The number of carboxylic acid groups (broad SMARTS) is 1. The van der Waals surface area contributed by atoms with Crippen LogP contribution in [0.5, 0.6) is 0 Å². The molecule has 0 radical (unpaired) electrons. The van der Waals surface area contributed by atoms with E-state index in [1.807, 2.05) is 0 Å². The number of carbonyl (C=O) groups is 2. The first-order valence-electron chi connectivity index (χ1n) is 9.26. The maximum Gasteiger partial charge on any atom is 0.335 e. The summed E-state index contributed by atoms with van der Waals surface area (Å²) in [5.74, 6) is -0.398. The van der Waals surface area contributed by atoms with Gasteiger partial charge in [-0.3, -0.25) is 4.79 Å². The maximum atomic E-state index is 13.0. The van der Waals surface area contributed by atoms with Crippen molar-refractivity contribution in [3.05, 3.63) is 70.8 Å². The lowest BCUT2D eigenvalue weighted by atomic mass is 9.73. The summed E-state index contributed by atoms with van der Waals surface area (Å²) in [6.45, 7) is 2.15. The molecule has 2 aliphatic rings. The first-order valence-corrected chi connectivity index (χ1v) is 9.26. The van der Waals surface area contributed by atoms with Crippen LogP contribution in [0.3, 0.4) is 0 Å². The lowest BCUT2D eigenvalue weighted by molar-refractivity contribution is 0.0515. The number of aryl methyl sites for hydroxylation is 1. The van der Waals surface area contributed by atoms with Crippen LogP contribution in [0.1, 0.15) is 63.4 Å². The van der Waals surface area contributed by atoms with Crippen LogP contribution in [-0.4, -0.2) is 34.0 Å². The van der Waals surface area contributed by atoms with Crippen LogP contribution in [0.25, 0.3) is 0 Å². The number of rotatable bonds is 5. The normalized spacial score (nSPS) is 21.7. The molecule has 2 aliphatic carbocycles. The summed E-state index contributed by atoms with van der Waals surface area (Å²) in [6.07, 6.45) is 4.18. The van der Waals surface area contributed by atoms with Gasteiger partial charge in [0.15, 0.2) is 0 Å². The number of carbonyl (C=O) groups excluding carboxylic acids is 1. The van der Waals surface area contributed by atoms with Crippen molar-refractivity contribution in [1.29, 1.82) is 0 Å². The molecule has 0 bridgehead atoms. The highest BCUT2D eigenvalue weighted by Gasteiger charge is 2.43. The smallest absolute Gasteiger partial charge is 0.335 e. The van der Waals surface area contributed by atoms with Gasteiger partial charge in [-0.25, -0.2) is 4.79 Å². The van der Waals surface area contributed by atoms with Crippen LogP contribution in [0.4, 0.5) is 0 Å². The fourth-order valence-electron chi connectivity index (χ4n) is 4.00. The second-order valence-corrected chi connectivity index (χ2v) is 7.50. The molecule has 1 amide bonds. The van der Waals surface area contributed by atoms with E-state index in [1.165, 1.54) is 23.3 Å². The first-order chi connectivity index (χ1) is 12.5. The first kappa shape index (κ1) is 16.8. The number of hydrogen-bond donors (Lipinski definition) is 1. The van der Waals surface area contributed by atoms with Gasteiger partial charge in [0, 0.05) is 17.6 Å². The average molecular weight is 349 g/mol. The summed E-state index contributed by atoms with van der Waals surface area (Å²) < 4.78 is 0. The van der Waals surface area contributed by atoms with Crippen molar-refractivity contribution in [2.75, 3.05) is 0 Å². The van der Waals surface area contributed by atoms with Crippen LogP contribution in [0.15, 0.2) is 48.5 Å². The molecule has 0 heterocycles. The monoisotopic (exact) mass is 349 g/mol. The van der Waals surface area contributed by atoms with Gasteiger partial charge in [-0.2, -0.15) is 0 Å². The van der Waals surface area contributed by atoms with Crippen LogP contribution in [0, 0.1) is 6.92 Å². The van der Waals surface area contributed by atoms with Crippen LogP contribution in [0.2, 0.25) is 0 Å². The number of benzene rings is 2. The van der Waals surface area contributed by atoms with Gasteiger partial charge in [0.05, 0.1) is 5.56 Å². The summed E-state index contributed by atoms with van der Waals surface area (Å²) in [5.41, 5.74) is 3.52. The molecule has 1 N–H and O–H groups in total. The molecule has 0 atom stereocenters. The van der Waals surface area contributed by atoms with E-state index >= 15 is 0 Å². The molecule has 0 spiro atoms. The Labute approximate surface area is 153 Å². The van der Waals surface area contributed by atoms with Gasteiger partial charge < -0.3 is 10.0 Å². The van der Waals surface area contributed by atoms with Crippen LogP contribution < -0.4 is 0 Å². The zero-order valence-electron chi connectivity index (χ0n) is 14.9. The second-order valence-electron chi connectivity index (χ2n) is 7.50. The molecule has 134 valence electrons. The Hall–Kier alpha value is -2.62. The quantitative estimate of drug-likeness (QED) is 0.878. The lowest BCUT2D eigenvalue weighted by Crippen LogP contribution is -2.48. The molecule has 0 saturated heterocycles. The summed E-state index contributed by atoms with van der Waals surface area (Å²) >= 11 is 0. The van der Waals surface area contributed by atoms with Crippen molar-refractivity contribution in [1.82, 2.24) is 4.90 Å². The summed E-state index contributed by atoms with van der Waals surface area (Å²) in [4.78, 5) is 26.1. The Morgan fingerprint density at radius 1 is 0.923 bits per heavy atom. The largest absolute Gasteiger partial charge is 0.478 e. The molecule has 0 aromatic heterocycles. The highest BCUT2D eigenvalue weighted by Crippen LogP contribution is 2.44. The van der Waals surface area contributed by atoms with E-state index in [4.69, 9.17) is 5.11 Å². The molecule has 4 nitrogen and oxygen atoms in total. The van der Waals surface area contributed by atoms with E-state index in [9.17, 15) is 9.59 Å². The predicted molar refractivity (Wildman–Crippen MR) is 99.5 cm³/mol. The third-order valence-electron chi connectivity index (χ3n) is 5.69. The summed E-state index contributed by atoms with van der Waals surface area (Å²) in [7, 11) is 0. The van der Waals surface area contributed by atoms with Gasteiger partial charge in [0.25, 0.3) is 5.91 Å². The summed E-state index contributed by atoms with van der Waals surface area (Å²) in [6, 6.07) is 15.4. The Morgan fingerprint density at radius 2 is 1.54 bits per heavy atom. The SMILES string of the molecule is Cc1ccccc1C1CC(N(C(=O)c2ccc(C(=O)O)cc2)C2CC2)C1. The van der Waals surface area contributed by atoms with Gasteiger partial charge in [-0.1, -0.05) is 24.3 Å². The van der Waals surface area contributed by atoms with E-state index in [-0.39, 0.29) is 11.5 Å². The third-order valence-corrected chi connectivity index (χ3v) is 5.69. The Kier molecular flexibility index (Phi) is 4.27. The fraction of sp³-hybridized carbons (Fsp3) is 0.364. The van der Waals surface area contributed by atoms with E-state index in [0.717, 1.165) is 25.7 Å². The molecule has 0 unspecified atom stereocenters. The van der Waals surface area contributed by atoms with Crippen molar-refractivity contribution in [2.45, 2.75) is 50.6 Å². The van der Waals surface area contributed by atoms with E-state index in [0.29, 0.717) is 23.6 Å². The molecular weight excluding hydrogens is 326 g/mol. The fourth-order valence-corrected chi connectivity index (χ4v) is 4.00. The van der Waals surface area contributed by atoms with Crippen LogP contribution >= 0.6 is 0 Å². The number of carboxylic acids is 1. The minimum atomic E-state index is -0.969. The van der Waals surface area contributed by atoms with Crippen LogP contribution in [-0.2, 0) is 0 Å². The van der Waals surface area contributed by atoms with E-state index in [1.54, 1.807) is 12.1 Å². The average Bonchev–Trinajstić information content (AvgIpc) is 3.43. The molecule has 4 rings (SSSR count). The number of amides is 1. The lowest BCUT2D eigenvalue weighted by Gasteiger charge is -2.44. The topological polar surface area (TPSA) is 57.6 Å². The highest BCUT2D eigenvalue weighted by molar-refractivity contribution is 5.96. The molecule has 0 aliphatic heterocycles. The zero-order valence-corrected chi connectivity index (χ0v) is 14.9. The minimum Gasteiger partial charge on any atom is -0.478 e. The minimum absolute atomic E-state index is 0.0395. The number of hydrogen-bond acceptors (Lipinski definition) is 2. The second kappa shape index (κ2) is 6.60. The number of nitrogens with zero attached hydrogens (tertiary/aromatic N) is 1. The highest BCUT2D eigenvalue weighted by atomic mass is 16.4. The molecular formula is C22H23NO3. The molecule has 26 heavy (non-hydrogen) atoms. The Bertz CT molecular complexity index is 833. The standard InChI is InChI=1S/C22H23NO3/c1-14-4-2-3-5-20(14)17-12-19(13-17)23(18-10-11-18)21(24)15-6-8-16(9-7-15)22(25)26/h2-9,17-19H,10-13H2,1H3,(H,25,26). The maximum absolute atomic E-state index is 13.0. The van der Waals surface area contributed by atoms with Crippen molar-refractivity contribution in [2.24, 2.45) is 0 Å². The van der Waals surface area contributed by atoms with Gasteiger partial charge in [-0.05, 0) is 73.9 Å². The van der Waals surface area contributed by atoms with E-state index in [2.05, 4.69) is 36.1 Å². The van der Waals surface area contributed by atoms with E-state index < -0.39 is 5.97 Å². The Morgan fingerprint density at radius 3 is 2.12 bits per heavy atom. The van der Waals surface area contributed by atoms with Crippen molar-refractivity contribution < 1.29 is 14.7 Å². The van der Waals surface area contributed by atoms with Crippen molar-refractivity contribution in [3.8, 4) is 0 Å². The van der Waals surface area contributed by atoms with Crippen molar-refractivity contribution in [3.63, 3.8) is 0 Å². The zero-order chi connectivity index (χ0) is 18.3. The summed E-state index contributed by atoms with van der Waals surface area (Å²) in [5, 5.41) is 9.02. The molecule has 2 fully saturated rings. The van der Waals surface area contributed by atoms with Gasteiger partial charge in [0.2, 0.25) is 0 Å². The van der Waals surface area contributed by atoms with Gasteiger partial charge in [-0.15, -0.1) is 0 Å². The van der Waals surface area contributed by atoms with Crippen molar-refractivity contribution >= 4 is 11.9 Å². The molecule has 2 aromatic rings. The van der Waals surface area contributed by atoms with Gasteiger partial charge in [0.1, 0.15) is 0 Å². The number of aromatic carboxylic acids is 1. The predicted octanol–water partition coefficient (Wildman–Crippen LogP) is 4.24. The Balaban J connectivity index is 1.48. The third kappa shape index (κ3) is 3.12. The molecule has 2 saturated carbocycles. The molecule has 4 heteroatoms. The van der Waals surface area contributed by atoms with Gasteiger partial charge >= 0.3 is 5.97 Å². The molecule has 2 aromatic carbocycles.